The van der Waals surface area contributed by atoms with Crippen molar-refractivity contribution in [3.8, 4) is 23.0 Å². The fraction of sp³-hybridized carbons (Fsp3) is 0.212. The Balaban J connectivity index is 1.36. The molecule has 0 bridgehead atoms. The maximum Gasteiger partial charge on any atom is 0.343 e. The molecule has 0 fully saturated rings. The van der Waals surface area contributed by atoms with Crippen LogP contribution in [0, 0.1) is 0 Å². The van der Waals surface area contributed by atoms with Crippen molar-refractivity contribution >= 4 is 11.9 Å². The van der Waals surface area contributed by atoms with Crippen LogP contribution >= 0.6 is 0 Å². The van der Waals surface area contributed by atoms with Crippen molar-refractivity contribution in [2.45, 2.75) is 19.3 Å². The Labute approximate surface area is 239 Å². The molecule has 4 aromatic carbocycles. The van der Waals surface area contributed by atoms with Gasteiger partial charge in [0.05, 0.1) is 11.1 Å². The van der Waals surface area contributed by atoms with Crippen molar-refractivity contribution in [1.29, 1.82) is 0 Å². The second-order valence-electron chi connectivity index (χ2n) is 9.60. The third kappa shape index (κ3) is 7.72. The summed E-state index contributed by atoms with van der Waals surface area (Å²) in [5, 5.41) is 0. The first kappa shape index (κ1) is 29.3. The number of rotatable bonds is 12. The molecule has 0 radical (unpaired) electrons. The van der Waals surface area contributed by atoms with E-state index in [1.54, 1.807) is 72.8 Å². The number of methoxy groups -OCH3 is 2. The largest absolute Gasteiger partial charge is 0.468 e. The van der Waals surface area contributed by atoms with E-state index in [4.69, 9.17) is 28.4 Å². The number of ether oxygens (including phenoxy) is 6. The molecule has 0 atom stereocenters. The van der Waals surface area contributed by atoms with E-state index < -0.39 is 11.9 Å². The van der Waals surface area contributed by atoms with Gasteiger partial charge in [0, 0.05) is 19.6 Å². The van der Waals surface area contributed by atoms with E-state index >= 15 is 0 Å². The second-order valence-corrected chi connectivity index (χ2v) is 9.60. The predicted molar refractivity (Wildman–Crippen MR) is 153 cm³/mol. The number of carbonyl (C=O) groups is 2. The van der Waals surface area contributed by atoms with Gasteiger partial charge in [-0.1, -0.05) is 38.1 Å². The van der Waals surface area contributed by atoms with Crippen molar-refractivity contribution in [3.05, 3.63) is 119 Å². The minimum atomic E-state index is -0.462. The van der Waals surface area contributed by atoms with Crippen LogP contribution in [0.3, 0.4) is 0 Å². The van der Waals surface area contributed by atoms with E-state index in [-0.39, 0.29) is 19.0 Å². The van der Waals surface area contributed by atoms with Gasteiger partial charge in [0.15, 0.2) is 13.6 Å². The molecule has 0 spiro atoms. The lowest BCUT2D eigenvalue weighted by molar-refractivity contribution is 0.0509. The van der Waals surface area contributed by atoms with Crippen LogP contribution in [0.4, 0.5) is 0 Å². The van der Waals surface area contributed by atoms with Crippen molar-refractivity contribution < 1.29 is 38.0 Å². The van der Waals surface area contributed by atoms with Gasteiger partial charge < -0.3 is 28.4 Å². The van der Waals surface area contributed by atoms with Crippen molar-refractivity contribution in [2.24, 2.45) is 0 Å². The summed E-state index contributed by atoms with van der Waals surface area (Å²) in [5.74, 6) is 1.15. The molecule has 0 N–H and O–H groups in total. The summed E-state index contributed by atoms with van der Waals surface area (Å²) in [6.07, 6.45) is 0. The number of benzene rings is 4. The lowest BCUT2D eigenvalue weighted by Crippen LogP contribution is -2.19. The van der Waals surface area contributed by atoms with Crippen LogP contribution in [0.25, 0.3) is 0 Å². The van der Waals surface area contributed by atoms with Crippen molar-refractivity contribution in [3.63, 3.8) is 0 Å². The highest BCUT2D eigenvalue weighted by Gasteiger charge is 2.23. The van der Waals surface area contributed by atoms with Crippen LogP contribution in [0.15, 0.2) is 97.1 Å². The number of hydrogen-bond donors (Lipinski definition) is 0. The summed E-state index contributed by atoms with van der Waals surface area (Å²) < 4.78 is 31.5. The molecule has 8 nitrogen and oxygen atoms in total. The maximum absolute atomic E-state index is 12.6. The monoisotopic (exact) mass is 556 g/mol. The van der Waals surface area contributed by atoms with Gasteiger partial charge in [-0.05, 0) is 83.9 Å². The summed E-state index contributed by atoms with van der Waals surface area (Å²) in [6, 6.07) is 28.1. The zero-order valence-corrected chi connectivity index (χ0v) is 23.4. The summed E-state index contributed by atoms with van der Waals surface area (Å²) in [7, 11) is 3.08. The van der Waals surface area contributed by atoms with Gasteiger partial charge in [0.25, 0.3) is 0 Å². The first-order valence-corrected chi connectivity index (χ1v) is 12.9. The average molecular weight is 557 g/mol. The quantitative estimate of drug-likeness (QED) is 0.112. The smallest absolute Gasteiger partial charge is 0.343 e. The van der Waals surface area contributed by atoms with E-state index in [1.807, 2.05) is 24.3 Å². The first-order valence-electron chi connectivity index (χ1n) is 12.9. The van der Waals surface area contributed by atoms with Crippen LogP contribution < -0.4 is 18.9 Å². The van der Waals surface area contributed by atoms with E-state index in [1.165, 1.54) is 14.2 Å². The molecule has 0 aliphatic rings. The van der Waals surface area contributed by atoms with Crippen molar-refractivity contribution in [2.75, 3.05) is 27.8 Å². The summed E-state index contributed by atoms with van der Waals surface area (Å²) in [6.45, 7) is 4.45. The lowest BCUT2D eigenvalue weighted by atomic mass is 9.78. The number of esters is 2. The summed E-state index contributed by atoms with van der Waals surface area (Å²) in [4.78, 5) is 25.1. The van der Waals surface area contributed by atoms with E-state index in [0.29, 0.717) is 34.1 Å². The van der Waals surface area contributed by atoms with E-state index in [2.05, 4.69) is 13.8 Å². The molecular weight excluding hydrogens is 524 g/mol. The maximum atomic E-state index is 12.6. The Morgan fingerprint density at radius 2 is 0.829 bits per heavy atom. The van der Waals surface area contributed by atoms with E-state index in [9.17, 15) is 9.59 Å². The Morgan fingerprint density at radius 1 is 0.512 bits per heavy atom. The van der Waals surface area contributed by atoms with Gasteiger partial charge in [0.1, 0.15) is 23.0 Å². The zero-order valence-electron chi connectivity index (χ0n) is 23.4. The lowest BCUT2D eigenvalue weighted by Gasteiger charge is -2.26. The molecule has 41 heavy (non-hydrogen) atoms. The fourth-order valence-electron chi connectivity index (χ4n) is 4.01. The first-order chi connectivity index (χ1) is 19.8. The SMILES string of the molecule is COCOc1ccc(C(=O)Oc2ccc(C(C)(C)c3ccc(OC(=O)c4ccc(OCOC)cc4)cc3)cc2)cc1. The average Bonchev–Trinajstić information content (AvgIpc) is 3.00. The molecule has 0 unspecified atom stereocenters. The molecule has 4 rings (SSSR count). The van der Waals surface area contributed by atoms with Gasteiger partial charge in [0.2, 0.25) is 0 Å². The van der Waals surface area contributed by atoms with Gasteiger partial charge in [-0.25, -0.2) is 9.59 Å². The van der Waals surface area contributed by atoms with Gasteiger partial charge >= 0.3 is 11.9 Å². The number of hydrogen-bond acceptors (Lipinski definition) is 8. The third-order valence-electron chi connectivity index (χ3n) is 6.44. The highest BCUT2D eigenvalue weighted by atomic mass is 16.7. The highest BCUT2D eigenvalue weighted by Crippen LogP contribution is 2.33. The van der Waals surface area contributed by atoms with Crippen LogP contribution in [-0.4, -0.2) is 39.7 Å². The van der Waals surface area contributed by atoms with E-state index in [0.717, 1.165) is 11.1 Å². The Kier molecular flexibility index (Phi) is 9.73. The second kappa shape index (κ2) is 13.6. The molecule has 0 saturated carbocycles. The molecule has 0 amide bonds. The molecule has 4 aromatic rings. The Morgan fingerprint density at radius 3 is 1.15 bits per heavy atom. The standard InChI is InChI=1S/C33H32O8/c1-33(2,25-9-17-29(18-10-25)40-31(34)23-5-13-27(14-6-23)38-21-36-3)26-11-19-30(20-12-26)41-32(35)24-7-15-28(16-8-24)39-22-37-4/h5-20H,21-22H2,1-4H3. The minimum Gasteiger partial charge on any atom is -0.468 e. The van der Waals surface area contributed by atoms with Gasteiger partial charge in [-0.2, -0.15) is 0 Å². The minimum absolute atomic E-state index is 0.131. The third-order valence-corrected chi connectivity index (χ3v) is 6.44. The summed E-state index contributed by atoms with van der Waals surface area (Å²) >= 11 is 0. The molecule has 0 aliphatic carbocycles. The van der Waals surface area contributed by atoms with Crippen LogP contribution in [0.5, 0.6) is 23.0 Å². The highest BCUT2D eigenvalue weighted by molar-refractivity contribution is 5.91. The molecule has 0 saturated heterocycles. The normalized spacial score (nSPS) is 11.0. The Bertz CT molecular complexity index is 1310. The van der Waals surface area contributed by atoms with Gasteiger partial charge in [-0.3, -0.25) is 0 Å². The molecule has 212 valence electrons. The summed E-state index contributed by atoms with van der Waals surface area (Å²) in [5.41, 5.74) is 2.51. The molecule has 0 aromatic heterocycles. The predicted octanol–water partition coefficient (Wildman–Crippen LogP) is 6.42. The molecular formula is C33H32O8. The van der Waals surface area contributed by atoms with Gasteiger partial charge in [-0.15, -0.1) is 0 Å². The fourth-order valence-corrected chi connectivity index (χ4v) is 4.01. The van der Waals surface area contributed by atoms with Crippen LogP contribution in [0.2, 0.25) is 0 Å². The van der Waals surface area contributed by atoms with Crippen molar-refractivity contribution in [1.82, 2.24) is 0 Å². The number of carbonyl (C=O) groups excluding carboxylic acids is 2. The Hall–Kier alpha value is -4.66. The van der Waals surface area contributed by atoms with Crippen LogP contribution in [-0.2, 0) is 14.9 Å². The zero-order chi connectivity index (χ0) is 29.2. The molecule has 0 aliphatic heterocycles. The molecule has 0 heterocycles. The topological polar surface area (TPSA) is 89.5 Å². The van der Waals surface area contributed by atoms with Crippen LogP contribution in [0.1, 0.15) is 45.7 Å². The molecule has 8 heteroatoms.